The van der Waals surface area contributed by atoms with Crippen molar-refractivity contribution in [3.05, 3.63) is 30.4 Å². The maximum absolute atomic E-state index is 11.8. The number of aliphatic hydroxyl groups is 1. The Balaban J connectivity index is 2.00. The summed E-state index contributed by atoms with van der Waals surface area (Å²) in [4.78, 5) is 19.9. The van der Waals surface area contributed by atoms with Gasteiger partial charge in [-0.25, -0.2) is 9.97 Å². The van der Waals surface area contributed by atoms with Gasteiger partial charge in [-0.05, 0) is 12.5 Å². The highest BCUT2D eigenvalue weighted by molar-refractivity contribution is 5.92. The van der Waals surface area contributed by atoms with Crippen molar-refractivity contribution in [2.24, 2.45) is 0 Å². The summed E-state index contributed by atoms with van der Waals surface area (Å²) >= 11 is 0. The second kappa shape index (κ2) is 5.59. The van der Waals surface area contributed by atoms with Crippen LogP contribution < -0.4 is 5.32 Å². The van der Waals surface area contributed by atoms with Gasteiger partial charge in [0.1, 0.15) is 5.69 Å². The zero-order chi connectivity index (χ0) is 13.0. The molecule has 6 heteroatoms. The molecule has 0 saturated carbocycles. The van der Waals surface area contributed by atoms with Crippen molar-refractivity contribution in [1.82, 2.24) is 19.7 Å². The maximum Gasteiger partial charge on any atom is 0.271 e. The van der Waals surface area contributed by atoms with E-state index in [1.807, 2.05) is 6.92 Å². The van der Waals surface area contributed by atoms with Gasteiger partial charge in [0.2, 0.25) is 5.78 Å². The van der Waals surface area contributed by atoms with E-state index in [1.165, 1.54) is 0 Å². The van der Waals surface area contributed by atoms with Crippen LogP contribution in [-0.2, 0) is 0 Å². The van der Waals surface area contributed by atoms with E-state index in [0.29, 0.717) is 17.9 Å². The van der Waals surface area contributed by atoms with Gasteiger partial charge in [0, 0.05) is 25.1 Å². The van der Waals surface area contributed by atoms with Gasteiger partial charge in [0.05, 0.1) is 6.10 Å². The van der Waals surface area contributed by atoms with Crippen LogP contribution in [0.3, 0.4) is 0 Å². The highest BCUT2D eigenvalue weighted by atomic mass is 16.3. The lowest BCUT2D eigenvalue weighted by molar-refractivity contribution is 0.0906. The number of carbonyl (C=O) groups is 1. The minimum absolute atomic E-state index is 0.244. The van der Waals surface area contributed by atoms with Crippen LogP contribution in [0.5, 0.6) is 0 Å². The van der Waals surface area contributed by atoms with Crippen LogP contribution in [0.2, 0.25) is 0 Å². The van der Waals surface area contributed by atoms with Crippen LogP contribution in [0.4, 0.5) is 0 Å². The molecule has 1 unspecified atom stereocenters. The van der Waals surface area contributed by atoms with Crippen LogP contribution in [0.15, 0.2) is 24.7 Å². The lowest BCUT2D eigenvalue weighted by atomic mass is 10.2. The first-order valence-corrected chi connectivity index (χ1v) is 5.96. The van der Waals surface area contributed by atoms with E-state index < -0.39 is 6.10 Å². The average Bonchev–Trinajstić information content (AvgIpc) is 2.80. The summed E-state index contributed by atoms with van der Waals surface area (Å²) in [6.45, 7) is 2.23. The molecule has 0 fully saturated rings. The SMILES string of the molecule is CCCC(O)CNC(=O)c1cn2cccnc2n1. The summed E-state index contributed by atoms with van der Waals surface area (Å²) in [7, 11) is 0. The Labute approximate surface area is 105 Å². The highest BCUT2D eigenvalue weighted by Gasteiger charge is 2.12. The number of nitrogens with zero attached hydrogens (tertiary/aromatic N) is 3. The predicted molar refractivity (Wildman–Crippen MR) is 66.2 cm³/mol. The van der Waals surface area contributed by atoms with Gasteiger partial charge in [0.15, 0.2) is 0 Å². The van der Waals surface area contributed by atoms with Gasteiger partial charge >= 0.3 is 0 Å². The molecule has 2 rings (SSSR count). The minimum Gasteiger partial charge on any atom is -0.391 e. The first-order chi connectivity index (χ1) is 8.70. The molecule has 1 atom stereocenters. The minimum atomic E-state index is -0.505. The molecule has 0 spiro atoms. The summed E-state index contributed by atoms with van der Waals surface area (Å²) in [6.07, 6.45) is 6.06. The summed E-state index contributed by atoms with van der Waals surface area (Å²) in [5.74, 6) is 0.187. The first-order valence-electron chi connectivity index (χ1n) is 5.96. The Morgan fingerprint density at radius 3 is 3.17 bits per heavy atom. The predicted octanol–water partition coefficient (Wildman–Crippen LogP) is 0.620. The zero-order valence-corrected chi connectivity index (χ0v) is 10.2. The molecule has 0 aromatic carbocycles. The Hall–Kier alpha value is -1.95. The number of carbonyl (C=O) groups excluding carboxylic acids is 1. The largest absolute Gasteiger partial charge is 0.391 e. The smallest absolute Gasteiger partial charge is 0.271 e. The van der Waals surface area contributed by atoms with E-state index in [2.05, 4.69) is 15.3 Å². The van der Waals surface area contributed by atoms with Gasteiger partial charge in [-0.1, -0.05) is 13.3 Å². The summed E-state index contributed by atoms with van der Waals surface area (Å²) in [5.41, 5.74) is 0.303. The molecular weight excluding hydrogens is 232 g/mol. The topological polar surface area (TPSA) is 79.5 Å². The van der Waals surface area contributed by atoms with Crippen LogP contribution in [0.1, 0.15) is 30.3 Å². The number of imidazole rings is 1. The second-order valence-electron chi connectivity index (χ2n) is 4.11. The van der Waals surface area contributed by atoms with Crippen molar-refractivity contribution in [1.29, 1.82) is 0 Å². The molecule has 0 radical (unpaired) electrons. The molecule has 0 aliphatic rings. The quantitative estimate of drug-likeness (QED) is 0.813. The molecule has 0 aliphatic carbocycles. The molecular formula is C12H16N4O2. The summed E-state index contributed by atoms with van der Waals surface area (Å²) in [6, 6.07) is 1.77. The van der Waals surface area contributed by atoms with Crippen LogP contribution >= 0.6 is 0 Å². The number of fused-ring (bicyclic) bond motifs is 1. The second-order valence-corrected chi connectivity index (χ2v) is 4.11. The molecule has 6 nitrogen and oxygen atoms in total. The number of hydrogen-bond donors (Lipinski definition) is 2. The van der Waals surface area contributed by atoms with Gasteiger partial charge in [-0.15, -0.1) is 0 Å². The van der Waals surface area contributed by atoms with Crippen LogP contribution in [-0.4, -0.2) is 38.0 Å². The molecule has 96 valence electrons. The third-order valence-electron chi connectivity index (χ3n) is 2.59. The van der Waals surface area contributed by atoms with Crippen molar-refractivity contribution in [3.8, 4) is 0 Å². The number of rotatable bonds is 5. The molecule has 2 heterocycles. The number of aliphatic hydroxyl groups excluding tert-OH is 1. The van der Waals surface area contributed by atoms with E-state index >= 15 is 0 Å². The van der Waals surface area contributed by atoms with Crippen molar-refractivity contribution < 1.29 is 9.90 Å². The number of amides is 1. The third-order valence-corrected chi connectivity index (χ3v) is 2.59. The van der Waals surface area contributed by atoms with Gasteiger partial charge in [0.25, 0.3) is 5.91 Å². The fourth-order valence-corrected chi connectivity index (χ4v) is 1.68. The third kappa shape index (κ3) is 2.84. The zero-order valence-electron chi connectivity index (χ0n) is 10.2. The van der Waals surface area contributed by atoms with Crippen LogP contribution in [0.25, 0.3) is 5.78 Å². The van der Waals surface area contributed by atoms with Gasteiger partial charge in [-0.2, -0.15) is 0 Å². The molecule has 0 bridgehead atoms. The van der Waals surface area contributed by atoms with E-state index in [1.54, 1.807) is 29.1 Å². The Morgan fingerprint density at radius 1 is 1.61 bits per heavy atom. The van der Waals surface area contributed by atoms with Gasteiger partial charge in [-0.3, -0.25) is 9.20 Å². The summed E-state index contributed by atoms with van der Waals surface area (Å²) in [5, 5.41) is 12.2. The van der Waals surface area contributed by atoms with E-state index in [4.69, 9.17) is 0 Å². The van der Waals surface area contributed by atoms with E-state index in [9.17, 15) is 9.90 Å². The molecule has 18 heavy (non-hydrogen) atoms. The normalized spacial score (nSPS) is 12.6. The number of nitrogens with one attached hydrogen (secondary N) is 1. The Kier molecular flexibility index (Phi) is 3.88. The molecule has 1 amide bonds. The van der Waals surface area contributed by atoms with Crippen molar-refractivity contribution in [2.45, 2.75) is 25.9 Å². The maximum atomic E-state index is 11.8. The van der Waals surface area contributed by atoms with E-state index in [0.717, 1.165) is 6.42 Å². The molecule has 2 aromatic heterocycles. The lowest BCUT2D eigenvalue weighted by Gasteiger charge is -2.09. The number of hydrogen-bond acceptors (Lipinski definition) is 4. The highest BCUT2D eigenvalue weighted by Crippen LogP contribution is 2.02. The average molecular weight is 248 g/mol. The fraction of sp³-hybridized carbons (Fsp3) is 0.417. The van der Waals surface area contributed by atoms with Crippen molar-refractivity contribution in [2.75, 3.05) is 6.54 Å². The monoisotopic (exact) mass is 248 g/mol. The van der Waals surface area contributed by atoms with Gasteiger partial charge < -0.3 is 10.4 Å². The first kappa shape index (κ1) is 12.5. The molecule has 0 aliphatic heterocycles. The molecule has 0 saturated heterocycles. The standard InChI is InChI=1S/C12H16N4O2/c1-2-4-9(17)7-14-11(18)10-8-16-6-3-5-13-12(16)15-10/h3,5-6,8-9,17H,2,4,7H2,1H3,(H,14,18). The lowest BCUT2D eigenvalue weighted by Crippen LogP contribution is -2.32. The summed E-state index contributed by atoms with van der Waals surface area (Å²) < 4.78 is 1.68. The Bertz CT molecular complexity index is 505. The van der Waals surface area contributed by atoms with Crippen molar-refractivity contribution >= 4 is 11.7 Å². The Morgan fingerprint density at radius 2 is 2.44 bits per heavy atom. The van der Waals surface area contributed by atoms with Crippen LogP contribution in [0, 0.1) is 0 Å². The molecule has 2 N–H and O–H groups in total. The molecule has 2 aromatic rings. The number of aromatic nitrogens is 3. The van der Waals surface area contributed by atoms with Crippen molar-refractivity contribution in [3.63, 3.8) is 0 Å². The fourth-order valence-electron chi connectivity index (χ4n) is 1.68. The van der Waals surface area contributed by atoms with E-state index in [-0.39, 0.29) is 12.5 Å².